The van der Waals surface area contributed by atoms with Crippen molar-refractivity contribution in [2.45, 2.75) is 75.6 Å². The fourth-order valence-corrected chi connectivity index (χ4v) is 8.38. The number of unbranched alkanes of at least 4 members (excludes halogenated alkanes) is 1. The molecule has 258 valence electrons. The van der Waals surface area contributed by atoms with Gasteiger partial charge in [-0.2, -0.15) is 0 Å². The molecule has 3 aromatic rings. The Morgan fingerprint density at radius 2 is 1.51 bits per heavy atom. The van der Waals surface area contributed by atoms with Gasteiger partial charge < -0.3 is 20.2 Å². The zero-order valence-corrected chi connectivity index (χ0v) is 28.7. The lowest BCUT2D eigenvalue weighted by Crippen LogP contribution is -2.55. The van der Waals surface area contributed by atoms with E-state index in [4.69, 9.17) is 0 Å². The molecule has 8 nitrogen and oxygen atoms in total. The summed E-state index contributed by atoms with van der Waals surface area (Å²) in [7, 11) is 0. The number of carbonyl (C=O) groups is 2. The Balaban J connectivity index is 1.26. The lowest BCUT2D eigenvalue weighted by Gasteiger charge is -2.40. The van der Waals surface area contributed by atoms with Gasteiger partial charge in [-0.25, -0.2) is 4.79 Å². The molecule has 2 amide bonds. The van der Waals surface area contributed by atoms with Gasteiger partial charge in [-0.1, -0.05) is 104 Å². The predicted molar refractivity (Wildman–Crippen MR) is 191 cm³/mol. The van der Waals surface area contributed by atoms with E-state index >= 15 is 0 Å². The third-order valence-corrected chi connectivity index (χ3v) is 10.8. The van der Waals surface area contributed by atoms with E-state index in [1.165, 1.54) is 6.42 Å². The van der Waals surface area contributed by atoms with E-state index < -0.39 is 23.7 Å². The van der Waals surface area contributed by atoms with Crippen LogP contribution in [-0.2, 0) is 19.8 Å². The first kappa shape index (κ1) is 34.8. The van der Waals surface area contributed by atoms with E-state index in [9.17, 15) is 19.5 Å². The topological polar surface area (TPSA) is 93.2 Å². The van der Waals surface area contributed by atoms with Crippen molar-refractivity contribution < 1.29 is 19.5 Å². The van der Waals surface area contributed by atoms with E-state index in [0.29, 0.717) is 37.4 Å². The number of nitrogens with zero attached hydrogens (tertiary/aromatic N) is 3. The van der Waals surface area contributed by atoms with E-state index in [1.54, 1.807) is 4.90 Å². The number of β-amino-alcohol motifs (C(OH)–C–C–N with tert-alkyl or cyclic N) is 1. The highest BCUT2D eigenvalue weighted by molar-refractivity contribution is 5.88. The van der Waals surface area contributed by atoms with Gasteiger partial charge in [0.25, 0.3) is 0 Å². The van der Waals surface area contributed by atoms with E-state index in [0.717, 1.165) is 55.6 Å². The summed E-state index contributed by atoms with van der Waals surface area (Å²) in [5.41, 5.74) is 2.61. The lowest BCUT2D eigenvalue weighted by atomic mass is 9.67. The molecule has 2 N–H and O–H groups in total. The van der Waals surface area contributed by atoms with Crippen LogP contribution < -0.4 is 5.32 Å². The van der Waals surface area contributed by atoms with E-state index in [-0.39, 0.29) is 24.8 Å². The highest BCUT2D eigenvalue weighted by Crippen LogP contribution is 2.43. The SMILES string of the molecule is CCCCN1CCC[C@H](CNC(=O)[C@H]2C(=C=O)CCN2[C@@H]2C[C@@H](O)CN2C(=O)CC(c2ccccc2)(c2ccccc2)c2ccccc2)C1. The number of benzene rings is 3. The normalized spacial score (nSPS) is 23.4. The molecular weight excluding hydrogens is 612 g/mol. The third-order valence-electron chi connectivity index (χ3n) is 10.8. The summed E-state index contributed by atoms with van der Waals surface area (Å²) in [6, 6.07) is 29.5. The van der Waals surface area contributed by atoms with Crippen molar-refractivity contribution in [2.24, 2.45) is 5.92 Å². The molecule has 8 heteroatoms. The number of aliphatic hydroxyl groups excluding tert-OH is 1. The van der Waals surface area contributed by atoms with Crippen molar-refractivity contribution in [1.29, 1.82) is 0 Å². The Hall–Kier alpha value is -4.07. The Labute approximate surface area is 290 Å². The van der Waals surface area contributed by atoms with Gasteiger partial charge in [0.05, 0.1) is 17.7 Å². The van der Waals surface area contributed by atoms with Gasteiger partial charge in [0.2, 0.25) is 11.8 Å². The fourth-order valence-electron chi connectivity index (χ4n) is 8.38. The monoisotopic (exact) mass is 662 g/mol. The van der Waals surface area contributed by atoms with Crippen LogP contribution in [-0.4, -0.2) is 95.1 Å². The average Bonchev–Trinajstić information content (AvgIpc) is 3.76. The third kappa shape index (κ3) is 7.58. The minimum Gasteiger partial charge on any atom is -0.391 e. The van der Waals surface area contributed by atoms with Crippen LogP contribution in [0.1, 0.15) is 68.6 Å². The number of aliphatic hydroxyl groups is 1. The van der Waals surface area contributed by atoms with Crippen LogP contribution in [0.25, 0.3) is 0 Å². The van der Waals surface area contributed by atoms with Gasteiger partial charge in [-0.15, -0.1) is 0 Å². The molecule has 6 rings (SSSR count). The van der Waals surface area contributed by atoms with Crippen molar-refractivity contribution in [2.75, 3.05) is 39.3 Å². The molecule has 4 atom stereocenters. The number of carbonyl (C=O) groups excluding carboxylic acids is 3. The van der Waals surface area contributed by atoms with Gasteiger partial charge in [0, 0.05) is 44.6 Å². The average molecular weight is 663 g/mol. The van der Waals surface area contributed by atoms with Crippen LogP contribution in [0.15, 0.2) is 96.6 Å². The van der Waals surface area contributed by atoms with Gasteiger partial charge in [0.15, 0.2) is 0 Å². The summed E-state index contributed by atoms with van der Waals surface area (Å²) >= 11 is 0. The molecule has 0 bridgehead atoms. The Morgan fingerprint density at radius 3 is 2.08 bits per heavy atom. The Kier molecular flexibility index (Phi) is 11.4. The maximum absolute atomic E-state index is 14.8. The number of rotatable bonds is 12. The van der Waals surface area contributed by atoms with Crippen LogP contribution in [0.3, 0.4) is 0 Å². The molecule has 0 unspecified atom stereocenters. The van der Waals surface area contributed by atoms with Crippen LogP contribution >= 0.6 is 0 Å². The molecule has 3 aliphatic heterocycles. The lowest BCUT2D eigenvalue weighted by molar-refractivity contribution is -0.139. The number of amides is 2. The summed E-state index contributed by atoms with van der Waals surface area (Å²) < 4.78 is 0. The summed E-state index contributed by atoms with van der Waals surface area (Å²) in [5, 5.41) is 14.2. The van der Waals surface area contributed by atoms with Crippen LogP contribution in [0.5, 0.6) is 0 Å². The molecule has 3 heterocycles. The zero-order chi connectivity index (χ0) is 34.2. The van der Waals surface area contributed by atoms with Gasteiger partial charge in [0.1, 0.15) is 12.0 Å². The minimum absolute atomic E-state index is 0.116. The molecule has 3 aromatic carbocycles. The second kappa shape index (κ2) is 16.1. The quantitative estimate of drug-likeness (QED) is 0.214. The standard InChI is InChI=1S/C41H50N4O4/c1-2-3-22-43-23-13-14-31(28-43)27-42-40(49)39-32(30-46)21-24-44(39)37-25-36(47)29-45(37)38(48)26-41(33-15-7-4-8-16-33,34-17-9-5-10-18-34)35-19-11-6-12-20-35/h4-12,15-20,31,36-37,39,47H,2-3,13-14,21-29H2,1H3,(H,42,49)/t31-,36-,37+,39-/m1/s1. The van der Waals surface area contributed by atoms with Crippen molar-refractivity contribution >= 4 is 17.8 Å². The summed E-state index contributed by atoms with van der Waals surface area (Å²) in [6.07, 6.45) is 4.11. The largest absolute Gasteiger partial charge is 0.391 e. The molecule has 3 aliphatic rings. The van der Waals surface area contributed by atoms with Crippen LogP contribution in [0.2, 0.25) is 0 Å². The first-order valence-corrected chi connectivity index (χ1v) is 18.1. The maximum atomic E-state index is 14.8. The molecule has 0 aliphatic carbocycles. The zero-order valence-electron chi connectivity index (χ0n) is 28.7. The fraction of sp³-hybridized carbons (Fsp3) is 0.463. The number of hydrogen-bond acceptors (Lipinski definition) is 6. The molecule has 3 fully saturated rings. The smallest absolute Gasteiger partial charge is 0.242 e. The van der Waals surface area contributed by atoms with E-state index in [1.807, 2.05) is 59.5 Å². The van der Waals surface area contributed by atoms with Crippen LogP contribution in [0.4, 0.5) is 0 Å². The number of likely N-dealkylation sites (tertiary alicyclic amines) is 3. The molecule has 0 aromatic heterocycles. The summed E-state index contributed by atoms with van der Waals surface area (Å²) in [5.74, 6) is 2.09. The molecule has 0 saturated carbocycles. The summed E-state index contributed by atoms with van der Waals surface area (Å²) in [4.78, 5) is 47.0. The van der Waals surface area contributed by atoms with Crippen molar-refractivity contribution in [3.63, 3.8) is 0 Å². The second-order valence-corrected chi connectivity index (χ2v) is 14.0. The number of piperidine rings is 1. The number of hydrogen-bond donors (Lipinski definition) is 2. The first-order chi connectivity index (χ1) is 23.9. The van der Waals surface area contributed by atoms with Crippen LogP contribution in [0, 0.1) is 5.92 Å². The van der Waals surface area contributed by atoms with Crippen molar-refractivity contribution in [3.8, 4) is 0 Å². The van der Waals surface area contributed by atoms with Gasteiger partial charge >= 0.3 is 0 Å². The molecule has 0 spiro atoms. The first-order valence-electron chi connectivity index (χ1n) is 18.1. The Morgan fingerprint density at radius 1 is 0.898 bits per heavy atom. The molecular formula is C41H50N4O4. The minimum atomic E-state index is -0.815. The molecule has 49 heavy (non-hydrogen) atoms. The highest BCUT2D eigenvalue weighted by atomic mass is 16.3. The predicted octanol–water partition coefficient (Wildman–Crippen LogP) is 4.79. The maximum Gasteiger partial charge on any atom is 0.242 e. The van der Waals surface area contributed by atoms with Gasteiger partial charge in [-0.05, 0) is 61.4 Å². The summed E-state index contributed by atoms with van der Waals surface area (Å²) in [6.45, 7) is 6.53. The highest BCUT2D eigenvalue weighted by Gasteiger charge is 2.48. The van der Waals surface area contributed by atoms with Crippen molar-refractivity contribution in [1.82, 2.24) is 20.0 Å². The van der Waals surface area contributed by atoms with Crippen molar-refractivity contribution in [3.05, 3.63) is 113 Å². The molecule has 3 saturated heterocycles. The van der Waals surface area contributed by atoms with E-state index in [2.05, 4.69) is 59.5 Å². The second-order valence-electron chi connectivity index (χ2n) is 14.0. The molecule has 0 radical (unpaired) electrons. The Bertz CT molecular complexity index is 1500. The van der Waals surface area contributed by atoms with Gasteiger partial charge in [-0.3, -0.25) is 14.5 Å². The number of nitrogens with one attached hydrogen (secondary N) is 1.